The fourth-order valence-corrected chi connectivity index (χ4v) is 2.54. The molecule has 0 aliphatic carbocycles. The quantitative estimate of drug-likeness (QED) is 0.765. The number of amides is 1. The SMILES string of the molecule is Cc1ccccc1CNC(=O)C[NH+](C)Cc1ccc(OC(F)F)cc1. The number of carbonyl (C=O) groups excluding carboxylic acids is 1. The summed E-state index contributed by atoms with van der Waals surface area (Å²) >= 11 is 0. The molecular formula is C19H23F2N2O2+. The van der Waals surface area contributed by atoms with Crippen molar-refractivity contribution in [1.29, 1.82) is 0 Å². The number of alkyl halides is 2. The number of carbonyl (C=O) groups is 1. The molecule has 2 aromatic carbocycles. The van der Waals surface area contributed by atoms with E-state index in [9.17, 15) is 13.6 Å². The van der Waals surface area contributed by atoms with Crippen molar-refractivity contribution < 1.29 is 23.2 Å². The first-order valence-corrected chi connectivity index (χ1v) is 8.10. The Labute approximate surface area is 146 Å². The maximum Gasteiger partial charge on any atom is 0.387 e. The van der Waals surface area contributed by atoms with Crippen LogP contribution in [0.5, 0.6) is 5.75 Å². The molecular weight excluding hydrogens is 326 g/mol. The summed E-state index contributed by atoms with van der Waals surface area (Å²) in [6.07, 6.45) is 0. The van der Waals surface area contributed by atoms with Crippen LogP contribution in [0.2, 0.25) is 0 Å². The number of likely N-dealkylation sites (N-methyl/N-ethyl adjacent to an activating group) is 1. The molecule has 0 spiro atoms. The normalized spacial score (nSPS) is 12.0. The molecule has 1 amide bonds. The second kappa shape index (κ2) is 9.13. The Balaban J connectivity index is 1.78. The maximum absolute atomic E-state index is 12.1. The van der Waals surface area contributed by atoms with Gasteiger partial charge in [-0.05, 0) is 42.3 Å². The molecule has 1 unspecified atom stereocenters. The Kier molecular flexibility index (Phi) is 6.89. The Morgan fingerprint density at radius 2 is 1.84 bits per heavy atom. The largest absolute Gasteiger partial charge is 0.435 e. The van der Waals surface area contributed by atoms with Gasteiger partial charge in [-0.3, -0.25) is 4.79 Å². The van der Waals surface area contributed by atoms with E-state index in [0.29, 0.717) is 19.6 Å². The molecule has 4 nitrogen and oxygen atoms in total. The molecule has 0 aliphatic heterocycles. The van der Waals surface area contributed by atoms with E-state index in [1.165, 1.54) is 12.1 Å². The minimum absolute atomic E-state index is 0.0293. The molecule has 0 aliphatic rings. The van der Waals surface area contributed by atoms with Gasteiger partial charge < -0.3 is 15.0 Å². The standard InChI is InChI=1S/C19H22F2N2O2/c1-14-5-3-4-6-16(14)11-22-18(24)13-23(2)12-15-7-9-17(10-8-15)25-19(20)21/h3-10,19H,11-13H2,1-2H3,(H,22,24)/p+1. The van der Waals surface area contributed by atoms with Crippen LogP contribution in [0.25, 0.3) is 0 Å². The van der Waals surface area contributed by atoms with Crippen molar-refractivity contribution in [3.63, 3.8) is 0 Å². The second-order valence-corrected chi connectivity index (χ2v) is 6.04. The first-order valence-electron chi connectivity index (χ1n) is 8.10. The summed E-state index contributed by atoms with van der Waals surface area (Å²) in [7, 11) is 1.91. The summed E-state index contributed by atoms with van der Waals surface area (Å²) in [6.45, 7) is 0.656. The summed E-state index contributed by atoms with van der Waals surface area (Å²) in [6, 6.07) is 14.4. The van der Waals surface area contributed by atoms with Crippen LogP contribution in [0.3, 0.4) is 0 Å². The lowest BCUT2D eigenvalue weighted by atomic mass is 10.1. The third-order valence-electron chi connectivity index (χ3n) is 3.85. The van der Waals surface area contributed by atoms with Crippen LogP contribution in [-0.4, -0.2) is 26.1 Å². The number of aryl methyl sites for hydroxylation is 1. The first-order chi connectivity index (χ1) is 11.9. The van der Waals surface area contributed by atoms with Crippen LogP contribution in [0, 0.1) is 6.92 Å². The van der Waals surface area contributed by atoms with Gasteiger partial charge in [-0.2, -0.15) is 8.78 Å². The average Bonchev–Trinajstić information content (AvgIpc) is 2.55. The van der Waals surface area contributed by atoms with Gasteiger partial charge in [-0.15, -0.1) is 0 Å². The lowest BCUT2D eigenvalue weighted by Gasteiger charge is -2.15. The smallest absolute Gasteiger partial charge is 0.387 e. The van der Waals surface area contributed by atoms with Crippen molar-refractivity contribution >= 4 is 5.91 Å². The zero-order valence-corrected chi connectivity index (χ0v) is 14.4. The number of halogens is 2. The predicted molar refractivity (Wildman–Crippen MR) is 91.6 cm³/mol. The highest BCUT2D eigenvalue weighted by atomic mass is 19.3. The van der Waals surface area contributed by atoms with E-state index < -0.39 is 6.61 Å². The van der Waals surface area contributed by atoms with Crippen LogP contribution >= 0.6 is 0 Å². The molecule has 0 bridgehead atoms. The Morgan fingerprint density at radius 1 is 1.16 bits per heavy atom. The minimum Gasteiger partial charge on any atom is -0.435 e. The van der Waals surface area contributed by atoms with Crippen molar-refractivity contribution in [2.45, 2.75) is 26.6 Å². The van der Waals surface area contributed by atoms with Gasteiger partial charge >= 0.3 is 6.61 Å². The van der Waals surface area contributed by atoms with Crippen LogP contribution < -0.4 is 15.0 Å². The molecule has 0 heterocycles. The van der Waals surface area contributed by atoms with E-state index in [1.807, 2.05) is 38.2 Å². The van der Waals surface area contributed by atoms with Gasteiger partial charge in [0.15, 0.2) is 6.54 Å². The van der Waals surface area contributed by atoms with E-state index in [-0.39, 0.29) is 11.7 Å². The predicted octanol–water partition coefficient (Wildman–Crippen LogP) is 1.93. The molecule has 134 valence electrons. The van der Waals surface area contributed by atoms with Crippen molar-refractivity contribution in [2.75, 3.05) is 13.6 Å². The number of hydrogen-bond donors (Lipinski definition) is 2. The van der Waals surface area contributed by atoms with Gasteiger partial charge in [0.1, 0.15) is 12.3 Å². The number of quaternary nitrogens is 1. The van der Waals surface area contributed by atoms with E-state index in [2.05, 4.69) is 10.1 Å². The fourth-order valence-electron chi connectivity index (χ4n) is 2.54. The third kappa shape index (κ3) is 6.51. The number of hydrogen-bond acceptors (Lipinski definition) is 2. The van der Waals surface area contributed by atoms with Crippen LogP contribution in [-0.2, 0) is 17.9 Å². The minimum atomic E-state index is -2.82. The lowest BCUT2D eigenvalue weighted by Crippen LogP contribution is -3.08. The third-order valence-corrected chi connectivity index (χ3v) is 3.85. The van der Waals surface area contributed by atoms with Gasteiger partial charge in [-0.25, -0.2) is 0 Å². The van der Waals surface area contributed by atoms with Crippen molar-refractivity contribution in [2.24, 2.45) is 0 Å². The second-order valence-electron chi connectivity index (χ2n) is 6.04. The molecule has 0 saturated heterocycles. The number of ether oxygens (including phenoxy) is 1. The summed E-state index contributed by atoms with van der Waals surface area (Å²) < 4.78 is 28.6. The van der Waals surface area contributed by atoms with E-state index >= 15 is 0 Å². The van der Waals surface area contributed by atoms with Crippen molar-refractivity contribution in [1.82, 2.24) is 5.32 Å². The highest BCUT2D eigenvalue weighted by molar-refractivity contribution is 5.76. The van der Waals surface area contributed by atoms with E-state index in [1.54, 1.807) is 12.1 Å². The highest BCUT2D eigenvalue weighted by Gasteiger charge is 2.11. The number of benzene rings is 2. The molecule has 6 heteroatoms. The molecule has 0 fully saturated rings. The summed E-state index contributed by atoms with van der Waals surface area (Å²) in [5.74, 6) is 0.103. The monoisotopic (exact) mass is 349 g/mol. The average molecular weight is 349 g/mol. The molecule has 0 radical (unpaired) electrons. The fraction of sp³-hybridized carbons (Fsp3) is 0.316. The van der Waals surface area contributed by atoms with Gasteiger partial charge in [0, 0.05) is 12.1 Å². The Hall–Kier alpha value is -2.47. The number of nitrogens with one attached hydrogen (secondary N) is 2. The van der Waals surface area contributed by atoms with E-state index in [0.717, 1.165) is 21.6 Å². The first kappa shape index (κ1) is 18.9. The highest BCUT2D eigenvalue weighted by Crippen LogP contribution is 2.14. The summed E-state index contributed by atoms with van der Waals surface area (Å²) in [4.78, 5) is 13.1. The molecule has 2 rings (SSSR count). The summed E-state index contributed by atoms with van der Waals surface area (Å²) in [5.41, 5.74) is 3.20. The van der Waals surface area contributed by atoms with Crippen LogP contribution in [0.4, 0.5) is 8.78 Å². The van der Waals surface area contributed by atoms with Crippen molar-refractivity contribution in [3.05, 3.63) is 65.2 Å². The Bertz CT molecular complexity index is 690. The maximum atomic E-state index is 12.1. The zero-order chi connectivity index (χ0) is 18.2. The topological polar surface area (TPSA) is 42.8 Å². The molecule has 2 N–H and O–H groups in total. The lowest BCUT2D eigenvalue weighted by molar-refractivity contribution is -0.885. The molecule has 2 aromatic rings. The summed E-state index contributed by atoms with van der Waals surface area (Å²) in [5, 5.41) is 2.92. The molecule has 0 aromatic heterocycles. The van der Waals surface area contributed by atoms with Crippen molar-refractivity contribution in [3.8, 4) is 5.75 Å². The van der Waals surface area contributed by atoms with Crippen LogP contribution in [0.1, 0.15) is 16.7 Å². The Morgan fingerprint density at radius 3 is 2.48 bits per heavy atom. The van der Waals surface area contributed by atoms with E-state index in [4.69, 9.17) is 0 Å². The van der Waals surface area contributed by atoms with Crippen LogP contribution in [0.15, 0.2) is 48.5 Å². The van der Waals surface area contributed by atoms with Gasteiger partial charge in [0.05, 0.1) is 7.05 Å². The molecule has 0 saturated carbocycles. The molecule has 1 atom stereocenters. The van der Waals surface area contributed by atoms with Gasteiger partial charge in [-0.1, -0.05) is 24.3 Å². The van der Waals surface area contributed by atoms with Gasteiger partial charge in [0.25, 0.3) is 5.91 Å². The number of rotatable bonds is 8. The molecule has 25 heavy (non-hydrogen) atoms. The van der Waals surface area contributed by atoms with Gasteiger partial charge in [0.2, 0.25) is 0 Å². The zero-order valence-electron chi connectivity index (χ0n) is 14.4.